The van der Waals surface area contributed by atoms with E-state index in [9.17, 15) is 18.0 Å². The second-order valence-electron chi connectivity index (χ2n) is 9.66. The summed E-state index contributed by atoms with van der Waals surface area (Å²) in [6.07, 6.45) is -0.430. The minimum Gasteiger partial charge on any atom is -0.472 e. The van der Waals surface area contributed by atoms with E-state index >= 15 is 0 Å². The number of para-hydroxylation sites is 1. The number of fused-ring (bicyclic) bond motifs is 1. The first-order valence-corrected chi connectivity index (χ1v) is 12.4. The monoisotopic (exact) mass is 514 g/mol. The Morgan fingerprint density at radius 3 is 2.62 bits per heavy atom. The molecule has 2 fully saturated rings. The highest BCUT2D eigenvalue weighted by Crippen LogP contribution is 2.32. The lowest BCUT2D eigenvalue weighted by atomic mass is 9.89. The first-order valence-electron chi connectivity index (χ1n) is 12.4. The molecular weight excluding hydrogens is 485 g/mol. The molecule has 2 heterocycles. The topological polar surface area (TPSA) is 79.6 Å². The molecule has 10 heteroatoms. The van der Waals surface area contributed by atoms with Crippen LogP contribution in [0.3, 0.4) is 0 Å². The number of nitrogens with one attached hydrogen (secondary N) is 2. The molecule has 0 unspecified atom stereocenters. The van der Waals surface area contributed by atoms with Crippen LogP contribution in [0.4, 0.5) is 13.2 Å². The maximum atomic E-state index is 12.9. The van der Waals surface area contributed by atoms with Crippen molar-refractivity contribution < 1.29 is 27.2 Å². The third-order valence-corrected chi connectivity index (χ3v) is 7.06. The first kappa shape index (κ1) is 25.1. The van der Waals surface area contributed by atoms with Crippen LogP contribution in [0.15, 0.2) is 59.6 Å². The van der Waals surface area contributed by atoms with Crippen molar-refractivity contribution in [2.45, 2.75) is 50.0 Å². The highest BCUT2D eigenvalue weighted by molar-refractivity contribution is 5.82. The summed E-state index contributed by atoms with van der Waals surface area (Å²) >= 11 is 0. The van der Waals surface area contributed by atoms with Crippen LogP contribution >= 0.6 is 0 Å². The molecule has 2 N–H and O–H groups in total. The smallest absolute Gasteiger partial charge is 0.416 e. The molecular formula is C27H29F3N4O3. The summed E-state index contributed by atoms with van der Waals surface area (Å²) in [5, 5.41) is 10.8. The predicted octanol–water partition coefficient (Wildman–Crippen LogP) is 4.60. The van der Waals surface area contributed by atoms with Crippen molar-refractivity contribution >= 4 is 22.6 Å². The molecule has 1 aromatic heterocycles. The molecule has 0 radical (unpaired) electrons. The zero-order chi connectivity index (χ0) is 26.0. The lowest BCUT2D eigenvalue weighted by Crippen LogP contribution is -2.63. The van der Waals surface area contributed by atoms with Crippen molar-refractivity contribution in [1.29, 1.82) is 0 Å². The van der Waals surface area contributed by atoms with Crippen LogP contribution in [0.5, 0.6) is 5.88 Å². The number of amides is 1. The summed E-state index contributed by atoms with van der Waals surface area (Å²) in [5.74, 6) is 0.338. The number of nitrogens with zero attached hydrogens (tertiary/aromatic N) is 2. The van der Waals surface area contributed by atoms with Gasteiger partial charge in [-0.05, 0) is 60.7 Å². The van der Waals surface area contributed by atoms with Gasteiger partial charge in [0.15, 0.2) is 5.58 Å². The van der Waals surface area contributed by atoms with Crippen LogP contribution in [0, 0.1) is 0 Å². The normalized spacial score (nSPS) is 20.8. The molecule has 0 bridgehead atoms. The molecule has 1 amide bonds. The molecule has 0 spiro atoms. The predicted molar refractivity (Wildman–Crippen MR) is 133 cm³/mol. The summed E-state index contributed by atoms with van der Waals surface area (Å²) in [5.41, 5.74) is 0.539. The van der Waals surface area contributed by atoms with Crippen LogP contribution in [0.1, 0.15) is 36.8 Å². The second kappa shape index (κ2) is 10.5. The number of halogens is 3. The van der Waals surface area contributed by atoms with Gasteiger partial charge in [-0.2, -0.15) is 13.2 Å². The lowest BCUT2D eigenvalue weighted by molar-refractivity contribution is -0.137. The van der Waals surface area contributed by atoms with Gasteiger partial charge < -0.3 is 19.9 Å². The Morgan fingerprint density at radius 2 is 1.86 bits per heavy atom. The van der Waals surface area contributed by atoms with E-state index in [1.54, 1.807) is 0 Å². The molecule has 5 rings (SSSR count). The quantitative estimate of drug-likeness (QED) is 0.458. The van der Waals surface area contributed by atoms with Gasteiger partial charge in [-0.25, -0.2) is 0 Å². The standard InChI is InChI=1S/C27H29F3N4O3/c1-17(18-5-4-6-19(13-18)27(28,29)30)31-14-25(35)32-20-15-34(16-20)21-9-11-22(12-10-21)36-26-23-7-2-3-8-24(23)37-33-26/h2-8,13,20-22,31H,1,9-12,14-16H2,(H,32,35). The molecule has 1 aliphatic heterocycles. The largest absolute Gasteiger partial charge is 0.472 e. The SMILES string of the molecule is C=C(NCC(=O)NC1CN(C2CCC(Oc3noc4ccccc34)CC2)C1)c1cccc(C(F)(F)F)c1. The summed E-state index contributed by atoms with van der Waals surface area (Å²) in [6.45, 7) is 5.28. The molecule has 1 saturated heterocycles. The number of benzene rings is 2. The molecule has 2 aromatic carbocycles. The van der Waals surface area contributed by atoms with Crippen LogP contribution in [-0.4, -0.2) is 53.8 Å². The van der Waals surface area contributed by atoms with Crippen molar-refractivity contribution in [3.8, 4) is 5.88 Å². The fourth-order valence-electron chi connectivity index (χ4n) is 4.99. The first-order chi connectivity index (χ1) is 17.8. The zero-order valence-corrected chi connectivity index (χ0v) is 20.3. The molecule has 3 aromatic rings. The van der Waals surface area contributed by atoms with Crippen molar-refractivity contribution in [3.05, 3.63) is 66.2 Å². The van der Waals surface area contributed by atoms with Gasteiger partial charge in [0.25, 0.3) is 5.88 Å². The molecule has 1 aliphatic carbocycles. The number of hydrogen-bond donors (Lipinski definition) is 2. The van der Waals surface area contributed by atoms with Crippen molar-refractivity contribution in [3.63, 3.8) is 0 Å². The average molecular weight is 515 g/mol. The van der Waals surface area contributed by atoms with E-state index in [0.717, 1.165) is 61.9 Å². The van der Waals surface area contributed by atoms with E-state index < -0.39 is 11.7 Å². The van der Waals surface area contributed by atoms with E-state index in [0.29, 0.717) is 17.5 Å². The highest BCUT2D eigenvalue weighted by atomic mass is 19.4. The Bertz CT molecular complexity index is 1260. The van der Waals surface area contributed by atoms with Gasteiger partial charge in [-0.3, -0.25) is 9.69 Å². The Labute approximate surface area is 212 Å². The maximum absolute atomic E-state index is 12.9. The van der Waals surface area contributed by atoms with Crippen molar-refractivity contribution in [2.75, 3.05) is 19.6 Å². The number of rotatable bonds is 8. The number of carbonyl (C=O) groups excluding carboxylic acids is 1. The van der Waals surface area contributed by atoms with Crippen LogP contribution in [0.2, 0.25) is 0 Å². The number of ether oxygens (including phenoxy) is 1. The van der Waals surface area contributed by atoms with Gasteiger partial charge in [0.1, 0.15) is 6.10 Å². The second-order valence-corrected chi connectivity index (χ2v) is 9.66. The summed E-state index contributed by atoms with van der Waals surface area (Å²) in [7, 11) is 0. The van der Waals surface area contributed by atoms with E-state index in [-0.39, 0.29) is 30.3 Å². The number of carbonyl (C=O) groups is 1. The van der Waals surface area contributed by atoms with E-state index in [2.05, 4.69) is 27.3 Å². The zero-order valence-electron chi connectivity index (χ0n) is 20.3. The molecule has 7 nitrogen and oxygen atoms in total. The molecule has 0 atom stereocenters. The number of aromatic nitrogens is 1. The van der Waals surface area contributed by atoms with Crippen LogP contribution in [0.25, 0.3) is 16.7 Å². The minimum absolute atomic E-state index is 0.0508. The Kier molecular flexibility index (Phi) is 7.10. The number of hydrogen-bond acceptors (Lipinski definition) is 6. The molecule has 196 valence electrons. The van der Waals surface area contributed by atoms with Crippen molar-refractivity contribution in [2.24, 2.45) is 0 Å². The molecule has 37 heavy (non-hydrogen) atoms. The van der Waals surface area contributed by atoms with Gasteiger partial charge in [0.05, 0.1) is 23.5 Å². The van der Waals surface area contributed by atoms with Crippen LogP contribution < -0.4 is 15.4 Å². The Hall–Kier alpha value is -3.53. The maximum Gasteiger partial charge on any atom is 0.416 e. The summed E-state index contributed by atoms with van der Waals surface area (Å²) in [6, 6.07) is 13.0. The van der Waals surface area contributed by atoms with Crippen LogP contribution in [-0.2, 0) is 11.0 Å². The highest BCUT2D eigenvalue weighted by Gasteiger charge is 2.36. The molecule has 2 aliphatic rings. The third kappa shape index (κ3) is 5.90. The Balaban J connectivity index is 1.01. The number of alkyl halides is 3. The number of likely N-dealkylation sites (tertiary alicyclic amines) is 1. The van der Waals surface area contributed by atoms with E-state index in [1.165, 1.54) is 12.1 Å². The van der Waals surface area contributed by atoms with E-state index in [4.69, 9.17) is 9.26 Å². The fraction of sp³-hybridized carbons (Fsp3) is 0.407. The Morgan fingerprint density at radius 1 is 1.11 bits per heavy atom. The van der Waals surface area contributed by atoms with Crippen molar-refractivity contribution in [1.82, 2.24) is 20.7 Å². The van der Waals surface area contributed by atoms with Gasteiger partial charge in [-0.1, -0.05) is 30.8 Å². The van der Waals surface area contributed by atoms with E-state index in [1.807, 2.05) is 24.3 Å². The van der Waals surface area contributed by atoms with Gasteiger partial charge in [0.2, 0.25) is 5.91 Å². The summed E-state index contributed by atoms with van der Waals surface area (Å²) < 4.78 is 50.2. The summed E-state index contributed by atoms with van der Waals surface area (Å²) in [4.78, 5) is 14.7. The average Bonchev–Trinajstić information content (AvgIpc) is 3.27. The fourth-order valence-corrected chi connectivity index (χ4v) is 4.99. The van der Waals surface area contributed by atoms with Gasteiger partial charge in [0, 0.05) is 24.8 Å². The van der Waals surface area contributed by atoms with Gasteiger partial charge >= 0.3 is 6.18 Å². The minimum atomic E-state index is -4.43. The third-order valence-electron chi connectivity index (χ3n) is 7.06. The van der Waals surface area contributed by atoms with Gasteiger partial charge in [-0.15, -0.1) is 0 Å². The molecule has 1 saturated carbocycles. The lowest BCUT2D eigenvalue weighted by Gasteiger charge is -2.46.